The zero-order valence-electron chi connectivity index (χ0n) is 11.0. The molecule has 2 atom stereocenters. The van der Waals surface area contributed by atoms with Crippen LogP contribution in [0.5, 0.6) is 0 Å². The van der Waals surface area contributed by atoms with Crippen molar-refractivity contribution in [1.82, 2.24) is 0 Å². The number of rotatable bonds is 5. The minimum atomic E-state index is -2.09. The van der Waals surface area contributed by atoms with Gasteiger partial charge in [0.25, 0.3) is 0 Å². The molecule has 0 aromatic carbocycles. The monoisotopic (exact) mass is 240 g/mol. The molecule has 0 N–H and O–H groups in total. The van der Waals surface area contributed by atoms with Gasteiger partial charge in [-0.05, 0) is 36.8 Å². The summed E-state index contributed by atoms with van der Waals surface area (Å²) >= 11 is 0. The lowest BCUT2D eigenvalue weighted by Gasteiger charge is -2.36. The SMILES string of the molecule is CCC(C)[Si](OC)(OC)C1=C2CCC(C2)C1. The second-order valence-corrected chi connectivity index (χ2v) is 9.02. The van der Waals surface area contributed by atoms with Crippen LogP contribution in [0.4, 0.5) is 0 Å². The van der Waals surface area contributed by atoms with Gasteiger partial charge in [0.2, 0.25) is 0 Å². The average Bonchev–Trinajstić information content (AvgIpc) is 2.93. The van der Waals surface area contributed by atoms with Crippen molar-refractivity contribution in [3.05, 3.63) is 10.8 Å². The number of fused-ring (bicyclic) bond motifs is 2. The van der Waals surface area contributed by atoms with E-state index in [4.69, 9.17) is 8.85 Å². The normalized spacial score (nSPS) is 26.6. The lowest BCUT2D eigenvalue weighted by molar-refractivity contribution is 0.237. The summed E-state index contributed by atoms with van der Waals surface area (Å²) in [6.45, 7) is 4.53. The predicted octanol–water partition coefficient (Wildman–Crippen LogP) is 3.56. The van der Waals surface area contributed by atoms with Crippen LogP contribution < -0.4 is 0 Å². The fourth-order valence-electron chi connectivity index (χ4n) is 3.50. The van der Waals surface area contributed by atoms with Crippen LogP contribution in [0.3, 0.4) is 0 Å². The Morgan fingerprint density at radius 3 is 2.38 bits per heavy atom. The first kappa shape index (κ1) is 12.3. The molecule has 0 amide bonds. The third-order valence-corrected chi connectivity index (χ3v) is 8.91. The Kier molecular flexibility index (Phi) is 3.57. The van der Waals surface area contributed by atoms with E-state index in [9.17, 15) is 0 Å². The number of hydrogen-bond donors (Lipinski definition) is 0. The highest BCUT2D eigenvalue weighted by atomic mass is 28.4. The van der Waals surface area contributed by atoms with Gasteiger partial charge >= 0.3 is 8.56 Å². The molecule has 2 bridgehead atoms. The molecule has 1 fully saturated rings. The lowest BCUT2D eigenvalue weighted by Crippen LogP contribution is -2.47. The van der Waals surface area contributed by atoms with Gasteiger partial charge in [-0.2, -0.15) is 0 Å². The highest BCUT2D eigenvalue weighted by Crippen LogP contribution is 2.50. The molecular weight excluding hydrogens is 216 g/mol. The summed E-state index contributed by atoms with van der Waals surface area (Å²) in [5.74, 6) is 0.909. The largest absolute Gasteiger partial charge is 0.394 e. The number of hydrogen-bond acceptors (Lipinski definition) is 2. The Bertz CT molecular complexity index is 294. The lowest BCUT2D eigenvalue weighted by atomic mass is 10.1. The van der Waals surface area contributed by atoms with Crippen molar-refractivity contribution < 1.29 is 8.85 Å². The van der Waals surface area contributed by atoms with E-state index in [0.29, 0.717) is 5.54 Å². The van der Waals surface area contributed by atoms with Gasteiger partial charge in [0.15, 0.2) is 0 Å². The molecule has 2 rings (SSSR count). The van der Waals surface area contributed by atoms with Gasteiger partial charge in [0.05, 0.1) is 0 Å². The smallest absolute Gasteiger partial charge is 0.370 e. The van der Waals surface area contributed by atoms with Gasteiger partial charge in [-0.3, -0.25) is 0 Å². The maximum atomic E-state index is 5.94. The Morgan fingerprint density at radius 1 is 1.31 bits per heavy atom. The number of allylic oxidation sites excluding steroid dienone is 2. The molecule has 2 nitrogen and oxygen atoms in total. The standard InChI is InChI=1S/C13H24O2Si/c1-5-10(2)16(14-3,15-4)13-9-11-6-7-12(13)8-11/h10-11H,5-9H2,1-4H3. The van der Waals surface area contributed by atoms with E-state index in [0.717, 1.165) is 12.3 Å². The Morgan fingerprint density at radius 2 is 2.00 bits per heavy atom. The Balaban J connectivity index is 2.32. The minimum absolute atomic E-state index is 0.560. The van der Waals surface area contributed by atoms with Crippen molar-refractivity contribution in [2.24, 2.45) is 5.92 Å². The molecule has 0 radical (unpaired) electrons. The second kappa shape index (κ2) is 4.63. The minimum Gasteiger partial charge on any atom is -0.394 e. The maximum absolute atomic E-state index is 5.94. The summed E-state index contributed by atoms with van der Waals surface area (Å²) in [5, 5.41) is 1.60. The average molecular weight is 240 g/mol. The van der Waals surface area contributed by atoms with E-state index >= 15 is 0 Å². The summed E-state index contributed by atoms with van der Waals surface area (Å²) in [5.41, 5.74) is 2.24. The summed E-state index contributed by atoms with van der Waals surface area (Å²) in [6, 6.07) is 0. The topological polar surface area (TPSA) is 18.5 Å². The third-order valence-electron chi connectivity index (χ3n) is 4.60. The molecule has 2 aliphatic rings. The van der Waals surface area contributed by atoms with E-state index < -0.39 is 8.56 Å². The molecule has 0 aliphatic heterocycles. The van der Waals surface area contributed by atoms with Gasteiger partial charge in [-0.1, -0.05) is 25.8 Å². The molecule has 2 aliphatic carbocycles. The molecule has 16 heavy (non-hydrogen) atoms. The van der Waals surface area contributed by atoms with Crippen molar-refractivity contribution >= 4 is 8.56 Å². The first-order valence-corrected chi connectivity index (χ1v) is 8.39. The highest BCUT2D eigenvalue weighted by Gasteiger charge is 2.50. The maximum Gasteiger partial charge on any atom is 0.370 e. The van der Waals surface area contributed by atoms with E-state index in [2.05, 4.69) is 13.8 Å². The van der Waals surface area contributed by atoms with Crippen LogP contribution in [0.2, 0.25) is 5.54 Å². The van der Waals surface area contributed by atoms with E-state index in [-0.39, 0.29) is 0 Å². The van der Waals surface area contributed by atoms with E-state index in [1.807, 2.05) is 14.2 Å². The van der Waals surface area contributed by atoms with Crippen LogP contribution in [0, 0.1) is 5.92 Å². The molecule has 0 aromatic heterocycles. The van der Waals surface area contributed by atoms with Gasteiger partial charge in [0, 0.05) is 19.8 Å². The fraction of sp³-hybridized carbons (Fsp3) is 0.846. The van der Waals surface area contributed by atoms with Crippen molar-refractivity contribution in [2.45, 2.75) is 51.5 Å². The first-order chi connectivity index (χ1) is 7.67. The predicted molar refractivity (Wildman–Crippen MR) is 68.5 cm³/mol. The zero-order valence-corrected chi connectivity index (χ0v) is 12.0. The van der Waals surface area contributed by atoms with Crippen LogP contribution in [-0.4, -0.2) is 22.8 Å². The Hall–Kier alpha value is -0.123. The molecule has 0 aromatic rings. The summed E-state index contributed by atoms with van der Waals surface area (Å²) in [7, 11) is 1.61. The molecule has 0 saturated heterocycles. The Labute approximate surface area is 100 Å². The summed E-state index contributed by atoms with van der Waals surface area (Å²) < 4.78 is 11.9. The molecule has 92 valence electrons. The fourth-order valence-corrected chi connectivity index (χ4v) is 7.39. The van der Waals surface area contributed by atoms with Gasteiger partial charge < -0.3 is 8.85 Å². The van der Waals surface area contributed by atoms with Crippen LogP contribution in [0.1, 0.15) is 46.0 Å². The van der Waals surface area contributed by atoms with Gasteiger partial charge in [-0.15, -0.1) is 0 Å². The van der Waals surface area contributed by atoms with E-state index in [1.54, 1.807) is 10.8 Å². The van der Waals surface area contributed by atoms with Gasteiger partial charge in [-0.25, -0.2) is 0 Å². The van der Waals surface area contributed by atoms with E-state index in [1.165, 1.54) is 25.7 Å². The van der Waals surface area contributed by atoms with Crippen molar-refractivity contribution in [3.63, 3.8) is 0 Å². The van der Waals surface area contributed by atoms with Crippen molar-refractivity contribution in [1.29, 1.82) is 0 Å². The summed E-state index contributed by atoms with van der Waals surface area (Å²) in [4.78, 5) is 0. The van der Waals surface area contributed by atoms with Crippen LogP contribution in [0.25, 0.3) is 0 Å². The summed E-state index contributed by atoms with van der Waals surface area (Å²) in [6.07, 6.45) is 6.44. The molecule has 1 saturated carbocycles. The second-order valence-electron chi connectivity index (χ2n) is 5.28. The molecule has 0 spiro atoms. The first-order valence-electron chi connectivity index (χ1n) is 6.49. The molecule has 0 heterocycles. The van der Waals surface area contributed by atoms with Crippen LogP contribution in [0.15, 0.2) is 10.8 Å². The van der Waals surface area contributed by atoms with Crippen LogP contribution >= 0.6 is 0 Å². The van der Waals surface area contributed by atoms with Crippen molar-refractivity contribution in [3.8, 4) is 0 Å². The van der Waals surface area contributed by atoms with Crippen LogP contribution in [-0.2, 0) is 8.85 Å². The third kappa shape index (κ3) is 1.69. The molecule has 2 unspecified atom stereocenters. The highest BCUT2D eigenvalue weighted by molar-refractivity contribution is 6.76. The zero-order chi connectivity index (χ0) is 11.8. The molecule has 3 heteroatoms. The molecular formula is C13H24O2Si. The van der Waals surface area contributed by atoms with Gasteiger partial charge in [0.1, 0.15) is 0 Å². The quantitative estimate of drug-likeness (QED) is 0.684. The van der Waals surface area contributed by atoms with Crippen molar-refractivity contribution in [2.75, 3.05) is 14.2 Å².